The third-order valence-corrected chi connectivity index (χ3v) is 3.91. The van der Waals surface area contributed by atoms with Crippen molar-refractivity contribution < 1.29 is 14.9 Å². The Labute approximate surface area is 146 Å². The maximum atomic E-state index is 12.4. The topological polar surface area (TPSA) is 74.8 Å². The molecule has 0 aliphatic carbocycles. The van der Waals surface area contributed by atoms with Crippen molar-refractivity contribution in [1.29, 1.82) is 0 Å². The summed E-state index contributed by atoms with van der Waals surface area (Å²) in [6, 6.07) is 16.1. The Balaban J connectivity index is 2.01. The fourth-order valence-corrected chi connectivity index (χ4v) is 2.50. The lowest BCUT2D eigenvalue weighted by Crippen LogP contribution is -2.88. The van der Waals surface area contributed by atoms with Gasteiger partial charge in [-0.25, -0.2) is 4.79 Å². The molecule has 2 aromatic carbocycles. The molecular formula is C18H21ClN3O2+. The Bertz CT molecular complexity index is 674. The third kappa shape index (κ3) is 5.37. The minimum atomic E-state index is -0.507. The highest BCUT2D eigenvalue weighted by Gasteiger charge is 2.25. The summed E-state index contributed by atoms with van der Waals surface area (Å²) >= 11 is 5.88. The molecule has 6 heteroatoms. The van der Waals surface area contributed by atoms with Crippen LogP contribution in [0.25, 0.3) is 0 Å². The number of quaternary nitrogens is 1. The lowest BCUT2D eigenvalue weighted by atomic mass is 10.1. The molecule has 4 N–H and O–H groups in total. The Kier molecular flexibility index (Phi) is 6.78. The average molecular weight is 347 g/mol. The van der Waals surface area contributed by atoms with E-state index < -0.39 is 12.1 Å². The van der Waals surface area contributed by atoms with Gasteiger partial charge < -0.3 is 10.6 Å². The molecule has 1 atom stereocenters. The van der Waals surface area contributed by atoms with Crippen LogP contribution in [0.3, 0.4) is 0 Å². The monoisotopic (exact) mass is 346 g/mol. The van der Waals surface area contributed by atoms with E-state index in [0.29, 0.717) is 11.6 Å². The van der Waals surface area contributed by atoms with Crippen molar-refractivity contribution in [2.45, 2.75) is 12.5 Å². The summed E-state index contributed by atoms with van der Waals surface area (Å²) < 4.78 is 0. The van der Waals surface area contributed by atoms with Crippen LogP contribution in [0.4, 0.5) is 4.79 Å². The lowest BCUT2D eigenvalue weighted by Gasteiger charge is -2.15. The van der Waals surface area contributed by atoms with Crippen LogP contribution in [0, 0.1) is 0 Å². The number of rotatable bonds is 6. The van der Waals surface area contributed by atoms with E-state index in [2.05, 4.69) is 10.6 Å². The van der Waals surface area contributed by atoms with Crippen LogP contribution in [-0.4, -0.2) is 25.5 Å². The van der Waals surface area contributed by atoms with Gasteiger partial charge in [0.15, 0.2) is 6.04 Å². The Hall–Kier alpha value is -2.37. The molecule has 0 saturated heterocycles. The maximum absolute atomic E-state index is 12.4. The van der Waals surface area contributed by atoms with Crippen molar-refractivity contribution in [3.63, 3.8) is 0 Å². The maximum Gasteiger partial charge on any atom is 0.321 e. The fourth-order valence-electron chi connectivity index (χ4n) is 2.37. The molecule has 0 bridgehead atoms. The van der Waals surface area contributed by atoms with Gasteiger partial charge in [-0.1, -0.05) is 54.1 Å². The van der Waals surface area contributed by atoms with Crippen molar-refractivity contribution in [2.24, 2.45) is 0 Å². The standard InChI is InChI=1S/C18H20ClN3O2/c1-20-18(24)22-17(23)16(14-5-3-2-4-6-14)21-12-11-13-7-9-15(19)10-8-13/h2-10,16,21H,11-12H2,1H3,(H2,20,22,23,24)/p+1/t16-/m0/s1. The van der Waals surface area contributed by atoms with Crippen LogP contribution < -0.4 is 16.0 Å². The summed E-state index contributed by atoms with van der Waals surface area (Å²) in [4.78, 5) is 23.8. The van der Waals surface area contributed by atoms with E-state index in [1.165, 1.54) is 7.05 Å². The molecule has 0 unspecified atom stereocenters. The summed E-state index contributed by atoms with van der Waals surface area (Å²) in [5.74, 6) is -0.336. The number of hydrogen-bond acceptors (Lipinski definition) is 2. The zero-order valence-electron chi connectivity index (χ0n) is 13.5. The zero-order chi connectivity index (χ0) is 17.4. The second kappa shape index (κ2) is 9.05. The highest BCUT2D eigenvalue weighted by Crippen LogP contribution is 2.10. The molecular weight excluding hydrogens is 326 g/mol. The van der Waals surface area contributed by atoms with Gasteiger partial charge in [-0.2, -0.15) is 0 Å². The molecule has 2 rings (SSSR count). The average Bonchev–Trinajstić information content (AvgIpc) is 2.60. The summed E-state index contributed by atoms with van der Waals surface area (Å²) in [7, 11) is 1.48. The van der Waals surface area contributed by atoms with E-state index in [1.807, 2.05) is 59.9 Å². The Morgan fingerprint density at radius 2 is 1.75 bits per heavy atom. The first kappa shape index (κ1) is 18.0. The van der Waals surface area contributed by atoms with E-state index in [1.54, 1.807) is 0 Å². The first-order valence-electron chi connectivity index (χ1n) is 7.75. The van der Waals surface area contributed by atoms with Gasteiger partial charge in [-0.05, 0) is 17.7 Å². The van der Waals surface area contributed by atoms with Gasteiger partial charge in [0.1, 0.15) is 0 Å². The summed E-state index contributed by atoms with van der Waals surface area (Å²) in [5, 5.41) is 7.38. The minimum absolute atomic E-state index is 0.336. The molecule has 0 aliphatic heterocycles. The summed E-state index contributed by atoms with van der Waals surface area (Å²) in [6.07, 6.45) is 0.799. The quantitative estimate of drug-likeness (QED) is 0.744. The molecule has 0 heterocycles. The van der Waals surface area contributed by atoms with Crippen LogP contribution in [-0.2, 0) is 11.2 Å². The molecule has 126 valence electrons. The number of urea groups is 1. The lowest BCUT2D eigenvalue weighted by molar-refractivity contribution is -0.682. The van der Waals surface area contributed by atoms with Gasteiger partial charge in [0, 0.05) is 24.1 Å². The number of benzene rings is 2. The number of carbonyl (C=O) groups is 2. The first-order valence-corrected chi connectivity index (χ1v) is 8.13. The highest BCUT2D eigenvalue weighted by molar-refractivity contribution is 6.30. The van der Waals surface area contributed by atoms with Crippen molar-refractivity contribution in [3.05, 3.63) is 70.7 Å². The van der Waals surface area contributed by atoms with Crippen molar-refractivity contribution in [2.75, 3.05) is 13.6 Å². The SMILES string of the molecule is CNC(=O)NC(=O)[C@@H]([NH2+]CCc1ccc(Cl)cc1)c1ccccc1. The highest BCUT2D eigenvalue weighted by atomic mass is 35.5. The predicted molar refractivity (Wildman–Crippen MR) is 93.7 cm³/mol. The second-order valence-corrected chi connectivity index (χ2v) is 5.79. The summed E-state index contributed by atoms with van der Waals surface area (Å²) in [6.45, 7) is 0.711. The fraction of sp³-hybridized carbons (Fsp3) is 0.222. The number of halogens is 1. The van der Waals surface area contributed by atoms with Crippen LogP contribution in [0.15, 0.2) is 54.6 Å². The zero-order valence-corrected chi connectivity index (χ0v) is 14.2. The van der Waals surface area contributed by atoms with Crippen molar-refractivity contribution >= 4 is 23.5 Å². The Morgan fingerprint density at radius 1 is 1.08 bits per heavy atom. The van der Waals surface area contributed by atoms with Crippen molar-refractivity contribution in [1.82, 2.24) is 10.6 Å². The second-order valence-electron chi connectivity index (χ2n) is 5.36. The number of amides is 3. The van der Waals surface area contributed by atoms with Crippen LogP contribution in [0.1, 0.15) is 17.2 Å². The predicted octanol–water partition coefficient (Wildman–Crippen LogP) is 1.64. The van der Waals surface area contributed by atoms with Crippen LogP contribution in [0.5, 0.6) is 0 Å². The minimum Gasteiger partial charge on any atom is -0.341 e. The first-order chi connectivity index (χ1) is 11.6. The molecule has 0 radical (unpaired) electrons. The molecule has 2 aromatic rings. The number of hydrogen-bond donors (Lipinski definition) is 3. The molecule has 0 spiro atoms. The molecule has 0 fully saturated rings. The van der Waals surface area contributed by atoms with Crippen LogP contribution in [0.2, 0.25) is 5.02 Å². The van der Waals surface area contributed by atoms with E-state index in [4.69, 9.17) is 11.6 Å². The van der Waals surface area contributed by atoms with Crippen LogP contribution >= 0.6 is 11.6 Å². The Morgan fingerprint density at radius 3 is 2.38 bits per heavy atom. The molecule has 0 aliphatic rings. The van der Waals surface area contributed by atoms with Gasteiger partial charge >= 0.3 is 6.03 Å². The number of nitrogens with two attached hydrogens (primary N) is 1. The van der Waals surface area contributed by atoms with Gasteiger partial charge in [0.2, 0.25) is 0 Å². The molecule has 3 amide bonds. The third-order valence-electron chi connectivity index (χ3n) is 3.65. The summed E-state index contributed by atoms with van der Waals surface area (Å²) in [5.41, 5.74) is 2.00. The van der Waals surface area contributed by atoms with Gasteiger partial charge in [0.05, 0.1) is 6.54 Å². The van der Waals surface area contributed by atoms with E-state index >= 15 is 0 Å². The molecule has 0 aromatic heterocycles. The smallest absolute Gasteiger partial charge is 0.321 e. The van der Waals surface area contributed by atoms with Gasteiger partial charge in [0.25, 0.3) is 5.91 Å². The number of imide groups is 1. The molecule has 0 saturated carbocycles. The van der Waals surface area contributed by atoms with E-state index in [0.717, 1.165) is 17.5 Å². The molecule has 5 nitrogen and oxygen atoms in total. The van der Waals surface area contributed by atoms with Gasteiger partial charge in [-0.3, -0.25) is 10.1 Å². The van der Waals surface area contributed by atoms with E-state index in [-0.39, 0.29) is 5.91 Å². The molecule has 24 heavy (non-hydrogen) atoms. The van der Waals surface area contributed by atoms with Gasteiger partial charge in [-0.15, -0.1) is 0 Å². The largest absolute Gasteiger partial charge is 0.341 e. The van der Waals surface area contributed by atoms with Crippen molar-refractivity contribution in [3.8, 4) is 0 Å². The number of carbonyl (C=O) groups excluding carboxylic acids is 2. The van der Waals surface area contributed by atoms with E-state index in [9.17, 15) is 9.59 Å². The number of nitrogens with one attached hydrogen (secondary N) is 2. The normalized spacial score (nSPS) is 11.6.